The molecule has 0 fully saturated rings. The second-order valence-electron chi connectivity index (χ2n) is 5.35. The Hall–Kier alpha value is -1.35. The van der Waals surface area contributed by atoms with Gasteiger partial charge in [0.15, 0.2) is 0 Å². The molecule has 0 aliphatic rings. The van der Waals surface area contributed by atoms with E-state index in [-0.39, 0.29) is 0 Å². The lowest BCUT2D eigenvalue weighted by Crippen LogP contribution is -2.36. The molecule has 1 aromatic carbocycles. The number of hydrogen-bond acceptors (Lipinski definition) is 2. The van der Waals surface area contributed by atoms with Crippen LogP contribution in [0.3, 0.4) is 0 Å². The molecule has 0 aliphatic heterocycles. The molecule has 0 radical (unpaired) electrons. The van der Waals surface area contributed by atoms with Gasteiger partial charge in [0.2, 0.25) is 0 Å². The lowest BCUT2D eigenvalue weighted by molar-refractivity contribution is -0.147. The number of benzene rings is 1. The van der Waals surface area contributed by atoms with E-state index in [4.69, 9.17) is 5.11 Å². The van der Waals surface area contributed by atoms with Gasteiger partial charge in [0.25, 0.3) is 0 Å². The van der Waals surface area contributed by atoms with E-state index in [1.165, 1.54) is 11.1 Å². The largest absolute Gasteiger partial charge is 0.481 e. The van der Waals surface area contributed by atoms with Crippen LogP contribution in [0.1, 0.15) is 25.0 Å². The molecular formula is C14H21NO2. The summed E-state index contributed by atoms with van der Waals surface area (Å²) in [6.45, 7) is 6.88. The zero-order valence-corrected chi connectivity index (χ0v) is 11.0. The molecule has 0 unspecified atom stereocenters. The van der Waals surface area contributed by atoms with Crippen molar-refractivity contribution in [1.29, 1.82) is 0 Å². The van der Waals surface area contributed by atoms with Gasteiger partial charge in [0.05, 0.1) is 5.41 Å². The molecular weight excluding hydrogens is 214 g/mol. The fourth-order valence-corrected chi connectivity index (χ4v) is 1.92. The molecule has 0 heterocycles. The highest BCUT2D eigenvalue weighted by atomic mass is 16.4. The average Bonchev–Trinajstić information content (AvgIpc) is 2.15. The second-order valence-corrected chi connectivity index (χ2v) is 5.35. The van der Waals surface area contributed by atoms with Gasteiger partial charge in [-0.1, -0.05) is 29.8 Å². The zero-order chi connectivity index (χ0) is 13.1. The molecule has 0 saturated heterocycles. The molecule has 1 N–H and O–H groups in total. The molecule has 1 aromatic rings. The molecule has 0 aliphatic carbocycles. The number of carboxylic acids is 1. The Balaban J connectivity index is 2.61. The van der Waals surface area contributed by atoms with Crippen LogP contribution in [0.4, 0.5) is 0 Å². The number of rotatable bonds is 5. The monoisotopic (exact) mass is 235 g/mol. The van der Waals surface area contributed by atoms with Crippen LogP contribution in [-0.2, 0) is 11.3 Å². The first-order valence-corrected chi connectivity index (χ1v) is 5.79. The van der Waals surface area contributed by atoms with Gasteiger partial charge in [-0.2, -0.15) is 0 Å². The van der Waals surface area contributed by atoms with Crippen LogP contribution in [0, 0.1) is 12.3 Å². The minimum absolute atomic E-state index is 0.538. The third kappa shape index (κ3) is 4.19. The number of nitrogens with zero attached hydrogens (tertiary/aromatic N) is 1. The predicted molar refractivity (Wildman–Crippen MR) is 68.9 cm³/mol. The summed E-state index contributed by atoms with van der Waals surface area (Å²) in [5.41, 5.74) is 1.74. The van der Waals surface area contributed by atoms with Crippen molar-refractivity contribution in [1.82, 2.24) is 4.90 Å². The van der Waals surface area contributed by atoms with E-state index in [1.54, 1.807) is 13.8 Å². The fraction of sp³-hybridized carbons (Fsp3) is 0.500. The Morgan fingerprint density at radius 2 is 2.06 bits per heavy atom. The van der Waals surface area contributed by atoms with E-state index >= 15 is 0 Å². The van der Waals surface area contributed by atoms with E-state index in [0.717, 1.165) is 6.54 Å². The summed E-state index contributed by atoms with van der Waals surface area (Å²) in [5, 5.41) is 9.07. The van der Waals surface area contributed by atoms with E-state index in [9.17, 15) is 4.79 Å². The zero-order valence-electron chi connectivity index (χ0n) is 11.0. The van der Waals surface area contributed by atoms with Crippen molar-refractivity contribution in [2.45, 2.75) is 27.3 Å². The van der Waals surface area contributed by atoms with Gasteiger partial charge in [0, 0.05) is 13.1 Å². The first-order valence-electron chi connectivity index (χ1n) is 5.79. The Kier molecular flexibility index (Phi) is 4.29. The minimum atomic E-state index is -0.756. The number of hydrogen-bond donors (Lipinski definition) is 1. The quantitative estimate of drug-likeness (QED) is 0.852. The Morgan fingerprint density at radius 3 is 2.59 bits per heavy atom. The molecule has 0 atom stereocenters. The first kappa shape index (κ1) is 13.7. The molecule has 0 aromatic heterocycles. The summed E-state index contributed by atoms with van der Waals surface area (Å²) in [4.78, 5) is 13.1. The van der Waals surface area contributed by atoms with Crippen LogP contribution < -0.4 is 0 Å². The van der Waals surface area contributed by atoms with Crippen molar-refractivity contribution in [2.24, 2.45) is 5.41 Å². The summed E-state index contributed by atoms with van der Waals surface area (Å²) in [5.74, 6) is -0.756. The van der Waals surface area contributed by atoms with Crippen LogP contribution in [0.25, 0.3) is 0 Å². The lowest BCUT2D eigenvalue weighted by atomic mass is 9.93. The summed E-state index contributed by atoms with van der Waals surface area (Å²) in [6, 6.07) is 8.28. The third-order valence-corrected chi connectivity index (χ3v) is 2.78. The van der Waals surface area contributed by atoms with Crippen molar-refractivity contribution in [3.8, 4) is 0 Å². The maximum atomic E-state index is 11.0. The van der Waals surface area contributed by atoms with Crippen molar-refractivity contribution in [3.05, 3.63) is 35.4 Å². The highest BCUT2D eigenvalue weighted by Gasteiger charge is 2.28. The van der Waals surface area contributed by atoms with Crippen molar-refractivity contribution < 1.29 is 9.90 Å². The molecule has 0 amide bonds. The van der Waals surface area contributed by atoms with Gasteiger partial charge in [-0.05, 0) is 33.4 Å². The topological polar surface area (TPSA) is 40.5 Å². The number of carbonyl (C=O) groups is 1. The van der Waals surface area contributed by atoms with Gasteiger partial charge in [0.1, 0.15) is 0 Å². The van der Waals surface area contributed by atoms with Gasteiger partial charge < -0.3 is 10.0 Å². The second kappa shape index (κ2) is 5.32. The molecule has 0 bridgehead atoms. The average molecular weight is 235 g/mol. The highest BCUT2D eigenvalue weighted by Crippen LogP contribution is 2.18. The van der Waals surface area contributed by atoms with Crippen LogP contribution in [-0.4, -0.2) is 29.6 Å². The standard InChI is InChI=1S/C14H21NO2/c1-11-6-5-7-12(8-11)9-15(4)10-14(2,3)13(16)17/h5-8H,9-10H2,1-4H3,(H,16,17). The first-order chi connectivity index (χ1) is 7.81. The number of aliphatic carboxylic acids is 1. The molecule has 3 heteroatoms. The lowest BCUT2D eigenvalue weighted by Gasteiger charge is -2.26. The van der Waals surface area contributed by atoms with E-state index < -0.39 is 11.4 Å². The van der Waals surface area contributed by atoms with Crippen molar-refractivity contribution >= 4 is 5.97 Å². The number of aryl methyl sites for hydroxylation is 1. The molecule has 0 saturated carbocycles. The predicted octanol–water partition coefficient (Wildman–Crippen LogP) is 2.54. The normalized spacial score (nSPS) is 11.8. The van der Waals surface area contributed by atoms with E-state index in [0.29, 0.717) is 6.54 Å². The van der Waals surface area contributed by atoms with Crippen LogP contribution in [0.15, 0.2) is 24.3 Å². The maximum Gasteiger partial charge on any atom is 0.310 e. The molecule has 0 spiro atoms. The van der Waals surface area contributed by atoms with Crippen LogP contribution in [0.5, 0.6) is 0 Å². The Labute approximate surface area is 103 Å². The summed E-state index contributed by atoms with van der Waals surface area (Å²) in [7, 11) is 1.95. The smallest absolute Gasteiger partial charge is 0.310 e. The Morgan fingerprint density at radius 1 is 1.41 bits per heavy atom. The molecule has 3 nitrogen and oxygen atoms in total. The van der Waals surface area contributed by atoms with Gasteiger partial charge >= 0.3 is 5.97 Å². The SMILES string of the molecule is Cc1cccc(CN(C)CC(C)(C)C(=O)O)c1. The highest BCUT2D eigenvalue weighted by molar-refractivity contribution is 5.73. The third-order valence-electron chi connectivity index (χ3n) is 2.78. The van der Waals surface area contributed by atoms with E-state index in [1.807, 2.05) is 18.0 Å². The fourth-order valence-electron chi connectivity index (χ4n) is 1.92. The Bertz CT molecular complexity index is 399. The minimum Gasteiger partial charge on any atom is -0.481 e. The van der Waals surface area contributed by atoms with Gasteiger partial charge in [-0.15, -0.1) is 0 Å². The molecule has 94 valence electrons. The van der Waals surface area contributed by atoms with Crippen molar-refractivity contribution in [2.75, 3.05) is 13.6 Å². The summed E-state index contributed by atoms with van der Waals surface area (Å²) in [6.07, 6.45) is 0. The molecule has 17 heavy (non-hydrogen) atoms. The van der Waals surface area contributed by atoms with Gasteiger partial charge in [-0.25, -0.2) is 0 Å². The van der Waals surface area contributed by atoms with Gasteiger partial charge in [-0.3, -0.25) is 4.79 Å². The number of carboxylic acid groups (broad SMARTS) is 1. The van der Waals surface area contributed by atoms with Crippen LogP contribution >= 0.6 is 0 Å². The van der Waals surface area contributed by atoms with Crippen LogP contribution in [0.2, 0.25) is 0 Å². The maximum absolute atomic E-state index is 11.0. The van der Waals surface area contributed by atoms with Crippen molar-refractivity contribution in [3.63, 3.8) is 0 Å². The van der Waals surface area contributed by atoms with E-state index in [2.05, 4.69) is 25.1 Å². The summed E-state index contributed by atoms with van der Waals surface area (Å²) < 4.78 is 0. The molecule has 1 rings (SSSR count). The summed E-state index contributed by atoms with van der Waals surface area (Å²) >= 11 is 0.